The largest absolute Gasteiger partial charge is 0.486 e. The number of ether oxygens (including phenoxy) is 1. The average Bonchev–Trinajstić information content (AvgIpc) is 3.24. The van der Waals surface area contributed by atoms with Crippen LogP contribution in [0.3, 0.4) is 0 Å². The van der Waals surface area contributed by atoms with Crippen LogP contribution < -0.4 is 15.0 Å². The number of halogens is 2. The number of fused-ring (bicyclic) bond motifs is 2. The minimum atomic E-state index is -0.611. The summed E-state index contributed by atoms with van der Waals surface area (Å²) in [5.41, 5.74) is 4.47. The highest BCUT2D eigenvalue weighted by molar-refractivity contribution is 5.73. The van der Waals surface area contributed by atoms with Gasteiger partial charge in [0.2, 0.25) is 5.95 Å². The number of anilines is 3. The minimum absolute atomic E-state index is 0.0438. The molecule has 1 atom stereocenters. The summed E-state index contributed by atoms with van der Waals surface area (Å²) in [7, 11) is 4.19. The van der Waals surface area contributed by atoms with Crippen molar-refractivity contribution in [1.82, 2.24) is 14.9 Å². The van der Waals surface area contributed by atoms with E-state index >= 15 is 0 Å². The van der Waals surface area contributed by atoms with E-state index in [1.807, 2.05) is 19.9 Å². The fourth-order valence-electron chi connectivity index (χ4n) is 4.77. The molecule has 6 nitrogen and oxygen atoms in total. The van der Waals surface area contributed by atoms with E-state index in [1.54, 1.807) is 6.07 Å². The Morgan fingerprint density at radius 1 is 1.09 bits per heavy atom. The molecular weight excluding hydrogens is 436 g/mol. The first-order valence-electron chi connectivity index (χ1n) is 11.6. The molecule has 34 heavy (non-hydrogen) atoms. The third kappa shape index (κ3) is 4.18. The van der Waals surface area contributed by atoms with Crippen LogP contribution in [-0.2, 0) is 12.8 Å². The molecule has 0 fully saturated rings. The number of likely N-dealkylation sites (N-methyl/N-ethyl adjacent to an activating group) is 1. The topological polar surface area (TPSA) is 53.5 Å². The van der Waals surface area contributed by atoms with E-state index in [4.69, 9.17) is 4.74 Å². The molecule has 5 rings (SSSR count). The highest BCUT2D eigenvalue weighted by atomic mass is 19.1. The maximum atomic E-state index is 14.9. The molecule has 1 aliphatic heterocycles. The highest BCUT2D eigenvalue weighted by Gasteiger charge is 2.26. The van der Waals surface area contributed by atoms with E-state index in [0.29, 0.717) is 30.4 Å². The van der Waals surface area contributed by atoms with E-state index in [0.717, 1.165) is 24.7 Å². The van der Waals surface area contributed by atoms with Crippen LogP contribution >= 0.6 is 0 Å². The van der Waals surface area contributed by atoms with Crippen molar-refractivity contribution >= 4 is 17.3 Å². The lowest BCUT2D eigenvalue weighted by Crippen LogP contribution is -2.38. The molecule has 1 N–H and O–H groups in total. The minimum Gasteiger partial charge on any atom is -0.486 e. The van der Waals surface area contributed by atoms with Crippen LogP contribution in [0, 0.1) is 11.6 Å². The zero-order valence-corrected chi connectivity index (χ0v) is 19.9. The van der Waals surface area contributed by atoms with Crippen molar-refractivity contribution in [1.29, 1.82) is 0 Å². The second-order valence-electron chi connectivity index (χ2n) is 9.47. The Kier molecular flexibility index (Phi) is 5.85. The van der Waals surface area contributed by atoms with Crippen LogP contribution in [0.15, 0.2) is 36.5 Å². The number of hydrogen-bond acceptors (Lipinski definition) is 6. The molecule has 0 bridgehead atoms. The Balaban J connectivity index is 1.45. The molecule has 0 saturated heterocycles. The normalized spacial score (nSPS) is 17.1. The summed E-state index contributed by atoms with van der Waals surface area (Å²) in [6.45, 7) is 5.11. The van der Waals surface area contributed by atoms with Crippen LogP contribution in [0.2, 0.25) is 0 Å². The molecule has 0 radical (unpaired) electrons. The lowest BCUT2D eigenvalue weighted by Gasteiger charge is -2.34. The standard InChI is InChI=1S/C26H29F2N5O/c1-15(2)33-7-8-34-25-21(27)12-18(13-23(25)33)24-22(28)14-29-26(31-24)30-19-6-5-16-10-20(32(3)4)11-17(16)9-19/h5-6,9,12-15,20H,7-8,10-11H2,1-4H3,(H,29,30,31). The predicted molar refractivity (Wildman–Crippen MR) is 130 cm³/mol. The number of benzene rings is 2. The molecule has 2 heterocycles. The van der Waals surface area contributed by atoms with E-state index in [-0.39, 0.29) is 23.4 Å². The number of aromatic nitrogens is 2. The quantitative estimate of drug-likeness (QED) is 0.584. The van der Waals surface area contributed by atoms with Gasteiger partial charge in [0.25, 0.3) is 0 Å². The predicted octanol–water partition coefficient (Wildman–Crippen LogP) is 4.80. The molecule has 2 aliphatic rings. The fourth-order valence-corrected chi connectivity index (χ4v) is 4.77. The first kappa shape index (κ1) is 22.5. The Labute approximate surface area is 198 Å². The van der Waals surface area contributed by atoms with Gasteiger partial charge in [-0.1, -0.05) is 6.07 Å². The van der Waals surface area contributed by atoms with Crippen LogP contribution in [-0.4, -0.2) is 54.2 Å². The van der Waals surface area contributed by atoms with Crippen molar-refractivity contribution in [2.45, 2.75) is 38.8 Å². The van der Waals surface area contributed by atoms with Gasteiger partial charge >= 0.3 is 0 Å². The molecule has 2 aromatic carbocycles. The van der Waals surface area contributed by atoms with Gasteiger partial charge in [-0.05, 0) is 76.2 Å². The molecule has 1 unspecified atom stereocenters. The SMILES string of the molecule is CC(C)N1CCOc2c(F)cc(-c3nc(Nc4ccc5c(c4)CC(N(C)C)C5)ncc3F)cc21. The maximum Gasteiger partial charge on any atom is 0.227 e. The molecule has 0 spiro atoms. The summed E-state index contributed by atoms with van der Waals surface area (Å²) in [4.78, 5) is 12.8. The average molecular weight is 466 g/mol. The van der Waals surface area contributed by atoms with Gasteiger partial charge in [-0.2, -0.15) is 0 Å². The molecule has 1 aliphatic carbocycles. The first-order valence-corrected chi connectivity index (χ1v) is 11.6. The summed E-state index contributed by atoms with van der Waals surface area (Å²) in [5.74, 6) is -0.681. The van der Waals surface area contributed by atoms with Crippen molar-refractivity contribution in [3.05, 3.63) is 59.3 Å². The zero-order valence-electron chi connectivity index (χ0n) is 19.9. The second kappa shape index (κ2) is 8.83. The zero-order chi connectivity index (χ0) is 24.0. The Hall–Kier alpha value is -3.26. The first-order chi connectivity index (χ1) is 16.3. The van der Waals surface area contributed by atoms with Crippen LogP contribution in [0.1, 0.15) is 25.0 Å². The van der Waals surface area contributed by atoms with Gasteiger partial charge < -0.3 is 19.9 Å². The second-order valence-corrected chi connectivity index (χ2v) is 9.47. The van der Waals surface area contributed by atoms with Crippen LogP contribution in [0.5, 0.6) is 5.75 Å². The van der Waals surface area contributed by atoms with Gasteiger partial charge in [0, 0.05) is 23.3 Å². The van der Waals surface area contributed by atoms with E-state index in [1.165, 1.54) is 17.2 Å². The lowest BCUT2D eigenvalue weighted by molar-refractivity contribution is 0.287. The summed E-state index contributed by atoms with van der Waals surface area (Å²) in [6.07, 6.45) is 3.13. The van der Waals surface area contributed by atoms with Crippen molar-refractivity contribution in [3.63, 3.8) is 0 Å². The van der Waals surface area contributed by atoms with Gasteiger partial charge in [0.15, 0.2) is 17.4 Å². The van der Waals surface area contributed by atoms with Gasteiger partial charge in [0.05, 0.1) is 18.4 Å². The molecule has 3 aromatic rings. The number of nitrogens with zero attached hydrogens (tertiary/aromatic N) is 4. The molecule has 178 valence electrons. The Morgan fingerprint density at radius 2 is 1.88 bits per heavy atom. The summed E-state index contributed by atoms with van der Waals surface area (Å²) >= 11 is 0. The Bertz CT molecular complexity index is 1230. The lowest BCUT2D eigenvalue weighted by atomic mass is 10.1. The van der Waals surface area contributed by atoms with Gasteiger partial charge in [0.1, 0.15) is 12.3 Å². The van der Waals surface area contributed by atoms with Crippen molar-refractivity contribution in [3.8, 4) is 17.0 Å². The molecule has 0 saturated carbocycles. The third-order valence-corrected chi connectivity index (χ3v) is 6.66. The van der Waals surface area contributed by atoms with Gasteiger partial charge in [-0.25, -0.2) is 18.7 Å². The summed E-state index contributed by atoms with van der Waals surface area (Å²) < 4.78 is 35.3. The maximum absolute atomic E-state index is 14.9. The van der Waals surface area contributed by atoms with E-state index < -0.39 is 11.6 Å². The molecule has 1 aromatic heterocycles. The fraction of sp³-hybridized carbons (Fsp3) is 0.385. The van der Waals surface area contributed by atoms with Crippen molar-refractivity contribution < 1.29 is 13.5 Å². The Morgan fingerprint density at radius 3 is 2.65 bits per heavy atom. The van der Waals surface area contributed by atoms with Crippen molar-refractivity contribution in [2.24, 2.45) is 0 Å². The van der Waals surface area contributed by atoms with Crippen LogP contribution in [0.25, 0.3) is 11.3 Å². The monoisotopic (exact) mass is 465 g/mol. The van der Waals surface area contributed by atoms with Crippen molar-refractivity contribution in [2.75, 3.05) is 37.5 Å². The number of hydrogen-bond donors (Lipinski definition) is 1. The third-order valence-electron chi connectivity index (χ3n) is 6.66. The van der Waals surface area contributed by atoms with E-state index in [9.17, 15) is 8.78 Å². The number of nitrogens with one attached hydrogen (secondary N) is 1. The van der Waals surface area contributed by atoms with Crippen LogP contribution in [0.4, 0.5) is 26.1 Å². The highest BCUT2D eigenvalue weighted by Crippen LogP contribution is 2.39. The molecular formula is C26H29F2N5O. The summed E-state index contributed by atoms with van der Waals surface area (Å²) in [5, 5.41) is 3.19. The molecule has 0 amide bonds. The summed E-state index contributed by atoms with van der Waals surface area (Å²) in [6, 6.07) is 9.86. The number of rotatable bonds is 5. The smallest absolute Gasteiger partial charge is 0.227 e. The molecule has 8 heteroatoms. The van der Waals surface area contributed by atoms with Gasteiger partial charge in [-0.15, -0.1) is 0 Å². The van der Waals surface area contributed by atoms with E-state index in [2.05, 4.69) is 51.3 Å². The van der Waals surface area contributed by atoms with Gasteiger partial charge in [-0.3, -0.25) is 0 Å².